The lowest BCUT2D eigenvalue weighted by Crippen LogP contribution is -2.51. The van der Waals surface area contributed by atoms with Gasteiger partial charge in [0.2, 0.25) is 0 Å². The van der Waals surface area contributed by atoms with E-state index in [0.29, 0.717) is 38.0 Å². The number of aliphatic hydroxyl groups is 1. The maximum Gasteiger partial charge on any atom is 0.310 e. The Morgan fingerprint density at radius 1 is 1.26 bits per heavy atom. The molecule has 0 radical (unpaired) electrons. The number of esters is 2. The number of allylic oxidation sites excluding steroid dienone is 1. The van der Waals surface area contributed by atoms with E-state index in [2.05, 4.69) is 0 Å². The molecular formula is C23H33NO7. The van der Waals surface area contributed by atoms with Crippen molar-refractivity contribution in [2.45, 2.75) is 76.7 Å². The van der Waals surface area contributed by atoms with E-state index in [-0.39, 0.29) is 36.2 Å². The maximum atomic E-state index is 13.8. The number of cyclic esters (lactones) is 1. The van der Waals surface area contributed by atoms with Gasteiger partial charge in [-0.25, -0.2) is 0 Å². The van der Waals surface area contributed by atoms with Gasteiger partial charge >= 0.3 is 11.9 Å². The minimum atomic E-state index is -1.44. The van der Waals surface area contributed by atoms with Crippen LogP contribution in [0.3, 0.4) is 0 Å². The molecule has 4 rings (SSSR count). The minimum absolute atomic E-state index is 0.222. The van der Waals surface area contributed by atoms with Crippen LogP contribution in [0.4, 0.5) is 0 Å². The fraction of sp³-hybridized carbons (Fsp3) is 0.783. The lowest BCUT2D eigenvalue weighted by atomic mass is 9.71. The molecule has 31 heavy (non-hydrogen) atoms. The Balaban J connectivity index is 1.78. The van der Waals surface area contributed by atoms with Gasteiger partial charge < -0.3 is 24.2 Å². The van der Waals surface area contributed by atoms with Crippen LogP contribution in [0, 0.1) is 23.7 Å². The highest BCUT2D eigenvalue weighted by Gasteiger charge is 2.68. The summed E-state index contributed by atoms with van der Waals surface area (Å²) in [5.74, 6) is -2.20. The molecule has 172 valence electrons. The zero-order valence-electron chi connectivity index (χ0n) is 18.7. The number of ether oxygens (including phenoxy) is 3. The van der Waals surface area contributed by atoms with Crippen LogP contribution in [0.25, 0.3) is 0 Å². The van der Waals surface area contributed by atoms with E-state index in [0.717, 1.165) is 0 Å². The first-order chi connectivity index (χ1) is 14.7. The number of methoxy groups -OCH3 is 1. The van der Waals surface area contributed by atoms with Crippen molar-refractivity contribution in [1.82, 2.24) is 4.90 Å². The molecule has 3 saturated heterocycles. The molecule has 1 N–H and O–H groups in total. The Morgan fingerprint density at radius 3 is 2.61 bits per heavy atom. The molecule has 3 fully saturated rings. The second kappa shape index (κ2) is 8.11. The second-order valence-corrected chi connectivity index (χ2v) is 9.47. The van der Waals surface area contributed by atoms with Gasteiger partial charge in [0, 0.05) is 24.8 Å². The van der Waals surface area contributed by atoms with E-state index in [1.54, 1.807) is 18.9 Å². The number of aliphatic hydroxyl groups excluding tert-OH is 1. The first kappa shape index (κ1) is 22.1. The van der Waals surface area contributed by atoms with Crippen molar-refractivity contribution in [2.24, 2.45) is 23.7 Å². The van der Waals surface area contributed by atoms with E-state index in [9.17, 15) is 19.5 Å². The SMILES string of the molecule is CC[C@@H]1/C(OC)=C\CCCN2C(=O)[C@@]3(C[C@H]2[C@@H]2C[C@H](C)C(=O)O2)OC(=O)[C@@H](C)[C@H]3[C@H]1O. The number of hydrogen-bond acceptors (Lipinski definition) is 7. The standard InChI is InChI=1S/C23H33NO7/c1-5-14-16(29-4)8-6-7-9-24-15(17-10-12(2)20(26)30-17)11-23(22(24)28)18(19(14)25)13(3)21(27)31-23/h8,12-15,17-19,25H,5-7,9-11H2,1-4H3/b16-8+/t12-,13-,14+,15-,17-,18-,19-,23-/m0/s1. The highest BCUT2D eigenvalue weighted by molar-refractivity contribution is 5.94. The van der Waals surface area contributed by atoms with E-state index < -0.39 is 35.6 Å². The van der Waals surface area contributed by atoms with Crippen LogP contribution in [0.5, 0.6) is 0 Å². The van der Waals surface area contributed by atoms with Gasteiger partial charge in [-0.1, -0.05) is 20.8 Å². The number of rotatable bonds is 3. The van der Waals surface area contributed by atoms with Crippen molar-refractivity contribution in [3.05, 3.63) is 11.8 Å². The first-order valence-corrected chi connectivity index (χ1v) is 11.4. The molecule has 4 aliphatic heterocycles. The van der Waals surface area contributed by atoms with Crippen molar-refractivity contribution in [1.29, 1.82) is 0 Å². The van der Waals surface area contributed by atoms with Crippen molar-refractivity contribution in [3.8, 4) is 0 Å². The highest BCUT2D eigenvalue weighted by atomic mass is 16.6. The topological polar surface area (TPSA) is 102 Å². The van der Waals surface area contributed by atoms with Crippen LogP contribution in [0.15, 0.2) is 11.8 Å². The van der Waals surface area contributed by atoms with Crippen LogP contribution in [-0.4, -0.2) is 65.4 Å². The Hall–Kier alpha value is -2.09. The normalized spacial score (nSPS) is 44.8. The van der Waals surface area contributed by atoms with Gasteiger partial charge in [0.15, 0.2) is 5.60 Å². The summed E-state index contributed by atoms with van der Waals surface area (Å²) < 4.78 is 17.0. The number of fused-ring (bicyclic) bond motifs is 1. The Morgan fingerprint density at radius 2 is 2.00 bits per heavy atom. The van der Waals surface area contributed by atoms with Crippen molar-refractivity contribution in [2.75, 3.05) is 13.7 Å². The van der Waals surface area contributed by atoms with E-state index in [1.165, 1.54) is 0 Å². The largest absolute Gasteiger partial charge is 0.501 e. The zero-order chi connectivity index (χ0) is 22.5. The molecule has 1 spiro atoms. The van der Waals surface area contributed by atoms with Gasteiger partial charge in [-0.15, -0.1) is 0 Å². The molecular weight excluding hydrogens is 402 g/mol. The van der Waals surface area contributed by atoms with Gasteiger partial charge in [0.1, 0.15) is 6.10 Å². The number of amides is 1. The molecule has 0 unspecified atom stereocenters. The van der Waals surface area contributed by atoms with Gasteiger partial charge in [-0.05, 0) is 31.8 Å². The molecule has 8 nitrogen and oxygen atoms in total. The minimum Gasteiger partial charge on any atom is -0.501 e. The Labute approximate surface area is 182 Å². The first-order valence-electron chi connectivity index (χ1n) is 11.4. The molecule has 2 bridgehead atoms. The lowest BCUT2D eigenvalue weighted by Gasteiger charge is -2.35. The van der Waals surface area contributed by atoms with E-state index in [4.69, 9.17) is 14.2 Å². The Kier molecular flexibility index (Phi) is 5.79. The fourth-order valence-electron chi connectivity index (χ4n) is 6.07. The average molecular weight is 436 g/mol. The molecule has 0 aliphatic carbocycles. The third-order valence-electron chi connectivity index (χ3n) is 7.72. The molecule has 0 aromatic rings. The zero-order valence-corrected chi connectivity index (χ0v) is 18.7. The summed E-state index contributed by atoms with van der Waals surface area (Å²) in [6, 6.07) is -0.362. The molecule has 8 atom stereocenters. The summed E-state index contributed by atoms with van der Waals surface area (Å²) >= 11 is 0. The summed E-state index contributed by atoms with van der Waals surface area (Å²) in [7, 11) is 1.59. The molecule has 8 heteroatoms. The van der Waals surface area contributed by atoms with Crippen molar-refractivity contribution in [3.63, 3.8) is 0 Å². The molecule has 0 aromatic heterocycles. The number of carbonyl (C=O) groups excluding carboxylic acids is 3. The predicted octanol–water partition coefficient (Wildman–Crippen LogP) is 1.80. The van der Waals surface area contributed by atoms with Crippen LogP contribution in [0.2, 0.25) is 0 Å². The molecule has 0 aromatic carbocycles. The second-order valence-electron chi connectivity index (χ2n) is 9.47. The van der Waals surface area contributed by atoms with Gasteiger partial charge in [-0.3, -0.25) is 14.4 Å². The van der Waals surface area contributed by atoms with Crippen LogP contribution >= 0.6 is 0 Å². The summed E-state index contributed by atoms with van der Waals surface area (Å²) in [5.41, 5.74) is -1.44. The van der Waals surface area contributed by atoms with Gasteiger partial charge in [0.05, 0.1) is 36.9 Å². The number of nitrogens with zero attached hydrogens (tertiary/aromatic N) is 1. The van der Waals surface area contributed by atoms with E-state index in [1.807, 2.05) is 19.9 Å². The summed E-state index contributed by atoms with van der Waals surface area (Å²) in [6.45, 7) is 5.97. The monoisotopic (exact) mass is 435 g/mol. The predicted molar refractivity (Wildman–Crippen MR) is 109 cm³/mol. The summed E-state index contributed by atoms with van der Waals surface area (Å²) in [6.07, 6.45) is 3.33. The molecule has 4 aliphatic rings. The number of hydrogen-bond donors (Lipinski definition) is 1. The maximum absolute atomic E-state index is 13.8. The van der Waals surface area contributed by atoms with Crippen molar-refractivity contribution >= 4 is 17.8 Å². The quantitative estimate of drug-likeness (QED) is 0.675. The third kappa shape index (κ3) is 3.34. The molecule has 4 heterocycles. The lowest BCUT2D eigenvalue weighted by molar-refractivity contribution is -0.163. The van der Waals surface area contributed by atoms with Crippen LogP contribution < -0.4 is 0 Å². The highest BCUT2D eigenvalue weighted by Crippen LogP contribution is 2.51. The van der Waals surface area contributed by atoms with Crippen LogP contribution in [-0.2, 0) is 28.6 Å². The average Bonchev–Trinajstić information content (AvgIpc) is 3.29. The molecule has 1 amide bonds. The summed E-state index contributed by atoms with van der Waals surface area (Å²) in [4.78, 5) is 40.3. The smallest absolute Gasteiger partial charge is 0.310 e. The fourth-order valence-corrected chi connectivity index (χ4v) is 6.07. The number of carbonyl (C=O) groups is 3. The van der Waals surface area contributed by atoms with Gasteiger partial charge in [0.25, 0.3) is 5.91 Å². The van der Waals surface area contributed by atoms with Crippen LogP contribution in [0.1, 0.15) is 52.9 Å². The van der Waals surface area contributed by atoms with Crippen molar-refractivity contribution < 1.29 is 33.7 Å². The molecule has 0 saturated carbocycles. The van der Waals surface area contributed by atoms with Gasteiger partial charge in [-0.2, -0.15) is 0 Å². The summed E-state index contributed by atoms with van der Waals surface area (Å²) in [5, 5.41) is 11.5. The third-order valence-corrected chi connectivity index (χ3v) is 7.72. The van der Waals surface area contributed by atoms with E-state index >= 15 is 0 Å². The Bertz CT molecular complexity index is 795.